The molecule has 38 heavy (non-hydrogen) atoms. The van der Waals surface area contributed by atoms with E-state index >= 15 is 0 Å². The van der Waals surface area contributed by atoms with Crippen molar-refractivity contribution in [2.45, 2.75) is 19.3 Å². The van der Waals surface area contributed by atoms with E-state index < -0.39 is 11.9 Å². The van der Waals surface area contributed by atoms with Crippen LogP contribution in [0.4, 0.5) is 0 Å². The average molecular weight is 513 g/mol. The molecule has 194 valence electrons. The van der Waals surface area contributed by atoms with Gasteiger partial charge < -0.3 is 29.4 Å². The monoisotopic (exact) mass is 512 g/mol. The van der Waals surface area contributed by atoms with Crippen LogP contribution < -0.4 is 29.4 Å². The second-order valence-electron chi connectivity index (χ2n) is 8.40. The Morgan fingerprint density at radius 2 is 1.84 bits per heavy atom. The fourth-order valence-corrected chi connectivity index (χ4v) is 4.05. The number of hydrogen-bond donors (Lipinski definition) is 1. The number of methoxy groups -OCH3 is 1. The van der Waals surface area contributed by atoms with Gasteiger partial charge in [-0.25, -0.2) is 4.79 Å². The van der Waals surface area contributed by atoms with Crippen molar-refractivity contribution < 1.29 is 28.5 Å². The van der Waals surface area contributed by atoms with Crippen molar-refractivity contribution in [3.63, 3.8) is 0 Å². The number of nitriles is 1. The summed E-state index contributed by atoms with van der Waals surface area (Å²) in [4.78, 5) is 12.7. The maximum atomic E-state index is 12.7. The number of nitrogens with two attached hydrogens (primary N) is 1. The molecule has 0 aliphatic carbocycles. The van der Waals surface area contributed by atoms with E-state index in [0.29, 0.717) is 47.3 Å². The van der Waals surface area contributed by atoms with Gasteiger partial charge in [0.05, 0.1) is 25.2 Å². The number of nitrogens with zero attached hydrogens (tertiary/aromatic N) is 1. The minimum Gasteiger partial charge on any atom is -0.494 e. The molecule has 4 rings (SSSR count). The third-order valence-electron chi connectivity index (χ3n) is 5.84. The predicted molar refractivity (Wildman–Crippen MR) is 142 cm³/mol. The Labute approximate surface area is 221 Å². The molecular weight excluding hydrogens is 484 g/mol. The van der Waals surface area contributed by atoms with Crippen LogP contribution in [-0.2, 0) is 0 Å². The summed E-state index contributed by atoms with van der Waals surface area (Å²) < 4.78 is 28.1. The topological polar surface area (TPSA) is 113 Å². The van der Waals surface area contributed by atoms with Crippen LogP contribution in [-0.4, -0.2) is 26.3 Å². The zero-order chi connectivity index (χ0) is 27.1. The lowest BCUT2D eigenvalue weighted by atomic mass is 9.83. The molecule has 3 aromatic carbocycles. The molecule has 1 unspecified atom stereocenters. The first-order chi connectivity index (χ1) is 18.5. The zero-order valence-electron chi connectivity index (χ0n) is 21.2. The van der Waals surface area contributed by atoms with Crippen LogP contribution in [0.3, 0.4) is 0 Å². The largest absolute Gasteiger partial charge is 0.494 e. The molecule has 1 aliphatic heterocycles. The molecule has 1 atom stereocenters. The summed E-state index contributed by atoms with van der Waals surface area (Å²) in [5.41, 5.74) is 8.22. The lowest BCUT2D eigenvalue weighted by Crippen LogP contribution is -2.21. The van der Waals surface area contributed by atoms with Crippen molar-refractivity contribution in [2.75, 3.05) is 20.3 Å². The lowest BCUT2D eigenvalue weighted by Gasteiger charge is -2.27. The van der Waals surface area contributed by atoms with E-state index in [1.165, 1.54) is 0 Å². The molecule has 0 fully saturated rings. The minimum absolute atomic E-state index is 0.0258. The smallest absolute Gasteiger partial charge is 0.343 e. The van der Waals surface area contributed by atoms with E-state index in [-0.39, 0.29) is 17.2 Å². The van der Waals surface area contributed by atoms with E-state index in [9.17, 15) is 10.1 Å². The molecule has 8 nitrogen and oxygen atoms in total. The Hall–Kier alpha value is -4.90. The summed E-state index contributed by atoms with van der Waals surface area (Å²) >= 11 is 0. The summed E-state index contributed by atoms with van der Waals surface area (Å²) in [5, 5.41) is 9.87. The zero-order valence-corrected chi connectivity index (χ0v) is 21.2. The minimum atomic E-state index is -0.527. The number of hydrogen-bond acceptors (Lipinski definition) is 8. The Morgan fingerprint density at radius 1 is 1.08 bits per heavy atom. The highest BCUT2D eigenvalue weighted by Gasteiger charge is 2.31. The summed E-state index contributed by atoms with van der Waals surface area (Å²) in [6.07, 6.45) is 2.53. The Kier molecular flexibility index (Phi) is 8.19. The van der Waals surface area contributed by atoms with E-state index in [0.717, 1.165) is 12.0 Å². The first-order valence-electron chi connectivity index (χ1n) is 12.1. The van der Waals surface area contributed by atoms with Gasteiger partial charge in [-0.1, -0.05) is 31.7 Å². The van der Waals surface area contributed by atoms with Gasteiger partial charge in [0.25, 0.3) is 0 Å². The number of allylic oxidation sites excluding steroid dienone is 1. The Morgan fingerprint density at radius 3 is 2.53 bits per heavy atom. The van der Waals surface area contributed by atoms with Crippen LogP contribution >= 0.6 is 0 Å². The standard InChI is InChI=1S/C30H28N2O6/c1-4-14-35-21-9-6-19(7-10-21)30(33)37-22-11-12-23-26(17-22)38-29(32)24(18-31)28(23)20-8-13-25(36-15-5-2)27(16-20)34-3/h5-13,16-17,28H,2,4,14-15,32H2,1,3H3. The third kappa shape index (κ3) is 5.57. The van der Waals surface area contributed by atoms with Crippen LogP contribution in [0.2, 0.25) is 0 Å². The molecule has 0 saturated carbocycles. The highest BCUT2D eigenvalue weighted by atomic mass is 16.5. The lowest BCUT2D eigenvalue weighted by molar-refractivity contribution is 0.0734. The molecule has 0 radical (unpaired) electrons. The third-order valence-corrected chi connectivity index (χ3v) is 5.84. The first kappa shape index (κ1) is 26.2. The van der Waals surface area contributed by atoms with Crippen LogP contribution in [0.5, 0.6) is 28.7 Å². The molecule has 8 heteroatoms. The maximum absolute atomic E-state index is 12.7. The van der Waals surface area contributed by atoms with Gasteiger partial charge >= 0.3 is 5.97 Å². The maximum Gasteiger partial charge on any atom is 0.343 e. The van der Waals surface area contributed by atoms with Crippen molar-refractivity contribution in [3.05, 3.63) is 101 Å². The second-order valence-corrected chi connectivity index (χ2v) is 8.40. The number of fused-ring (bicyclic) bond motifs is 1. The van der Waals surface area contributed by atoms with Gasteiger partial charge in [0.15, 0.2) is 11.5 Å². The number of carbonyl (C=O) groups is 1. The number of benzene rings is 3. The van der Waals surface area contributed by atoms with E-state index in [2.05, 4.69) is 12.6 Å². The Bertz CT molecular complexity index is 1410. The van der Waals surface area contributed by atoms with Crippen molar-refractivity contribution in [1.82, 2.24) is 0 Å². The molecular formula is C30H28N2O6. The molecule has 0 bridgehead atoms. The van der Waals surface area contributed by atoms with Crippen molar-refractivity contribution in [2.24, 2.45) is 5.73 Å². The molecule has 0 aromatic heterocycles. The summed E-state index contributed by atoms with van der Waals surface area (Å²) in [5.74, 6) is 1.32. The average Bonchev–Trinajstić information content (AvgIpc) is 2.94. The molecule has 1 heterocycles. The summed E-state index contributed by atoms with van der Waals surface area (Å²) in [6, 6.07) is 19.3. The van der Waals surface area contributed by atoms with Crippen LogP contribution in [0.15, 0.2) is 84.8 Å². The predicted octanol–water partition coefficient (Wildman–Crippen LogP) is 5.49. The number of esters is 1. The quantitative estimate of drug-likeness (QED) is 0.216. The normalized spacial score (nSPS) is 14.0. The molecule has 0 saturated heterocycles. The molecule has 2 N–H and O–H groups in total. The second kappa shape index (κ2) is 11.9. The van der Waals surface area contributed by atoms with Gasteiger partial charge in [0.2, 0.25) is 5.88 Å². The fourth-order valence-electron chi connectivity index (χ4n) is 4.05. The highest BCUT2D eigenvalue weighted by Crippen LogP contribution is 2.45. The van der Waals surface area contributed by atoms with E-state index in [1.807, 2.05) is 13.0 Å². The Balaban J connectivity index is 1.61. The highest BCUT2D eigenvalue weighted by molar-refractivity contribution is 5.91. The molecule has 1 aliphatic rings. The van der Waals surface area contributed by atoms with Crippen LogP contribution in [0, 0.1) is 11.3 Å². The van der Waals surface area contributed by atoms with Crippen LogP contribution in [0.1, 0.15) is 40.7 Å². The van der Waals surface area contributed by atoms with Crippen molar-refractivity contribution in [3.8, 4) is 34.8 Å². The van der Waals surface area contributed by atoms with E-state index in [4.69, 9.17) is 29.4 Å². The van der Waals surface area contributed by atoms with Crippen LogP contribution in [0.25, 0.3) is 0 Å². The summed E-state index contributed by atoms with van der Waals surface area (Å²) in [6.45, 7) is 6.61. The van der Waals surface area contributed by atoms with Gasteiger partial charge in [-0.15, -0.1) is 0 Å². The van der Waals surface area contributed by atoms with Gasteiger partial charge in [-0.3, -0.25) is 0 Å². The number of carbonyl (C=O) groups excluding carboxylic acids is 1. The number of ether oxygens (including phenoxy) is 5. The SMILES string of the molecule is C=CCOc1ccc(C2C(C#N)=C(N)Oc3cc(OC(=O)c4ccc(OCCC)cc4)ccc32)cc1OC. The van der Waals surface area contributed by atoms with Gasteiger partial charge in [0.1, 0.15) is 35.5 Å². The molecule has 0 spiro atoms. The van der Waals surface area contributed by atoms with Gasteiger partial charge in [0, 0.05) is 11.6 Å². The summed E-state index contributed by atoms with van der Waals surface area (Å²) in [7, 11) is 1.54. The van der Waals surface area contributed by atoms with Gasteiger partial charge in [-0.2, -0.15) is 5.26 Å². The van der Waals surface area contributed by atoms with Crippen molar-refractivity contribution in [1.29, 1.82) is 5.26 Å². The molecule has 0 amide bonds. The molecule has 3 aromatic rings. The first-order valence-corrected chi connectivity index (χ1v) is 12.1. The number of rotatable bonds is 10. The fraction of sp³-hybridized carbons (Fsp3) is 0.200. The van der Waals surface area contributed by atoms with Gasteiger partial charge in [-0.05, 0) is 54.4 Å². The van der Waals surface area contributed by atoms with E-state index in [1.54, 1.807) is 67.8 Å². The van der Waals surface area contributed by atoms with Crippen molar-refractivity contribution >= 4 is 5.97 Å².